The zero-order valence-corrected chi connectivity index (χ0v) is 14.6. The maximum absolute atomic E-state index is 12.3. The van der Waals surface area contributed by atoms with Crippen molar-refractivity contribution >= 4 is 17.5 Å². The van der Waals surface area contributed by atoms with Crippen molar-refractivity contribution in [3.63, 3.8) is 0 Å². The number of halogens is 1. The second-order valence-corrected chi connectivity index (χ2v) is 6.18. The highest BCUT2D eigenvalue weighted by Gasteiger charge is 2.14. The van der Waals surface area contributed by atoms with Crippen LogP contribution in [0.3, 0.4) is 0 Å². The number of pyridine rings is 1. The van der Waals surface area contributed by atoms with Crippen molar-refractivity contribution in [2.75, 3.05) is 0 Å². The molecule has 0 atom stereocenters. The molecule has 0 bridgehead atoms. The van der Waals surface area contributed by atoms with Crippen LogP contribution in [0.25, 0.3) is 11.3 Å². The van der Waals surface area contributed by atoms with Crippen LogP contribution in [0.15, 0.2) is 51.7 Å². The first-order valence-corrected chi connectivity index (χ1v) is 8.16. The number of nitrogens with one attached hydrogen (secondary N) is 2. The lowest BCUT2D eigenvalue weighted by molar-refractivity contribution is 0.0924. The van der Waals surface area contributed by atoms with Crippen molar-refractivity contribution in [1.82, 2.24) is 10.3 Å². The Balaban J connectivity index is 1.75. The van der Waals surface area contributed by atoms with Gasteiger partial charge in [0.2, 0.25) is 0 Å². The number of aryl methyl sites for hydroxylation is 2. The van der Waals surface area contributed by atoms with Crippen LogP contribution in [0.4, 0.5) is 0 Å². The van der Waals surface area contributed by atoms with Gasteiger partial charge >= 0.3 is 0 Å². The standard InChI is InChI=1S/C19H17ClN2O3/c1-11-9-12(2)22-18(23)14(11)10-21-19(24)17-8-7-16(25-17)13-5-3-4-6-15(13)20/h3-9H,10H2,1-2H3,(H,21,24)(H,22,23). The summed E-state index contributed by atoms with van der Waals surface area (Å²) in [5.41, 5.74) is 2.66. The van der Waals surface area contributed by atoms with Gasteiger partial charge in [0.15, 0.2) is 5.76 Å². The Morgan fingerprint density at radius 1 is 1.20 bits per heavy atom. The van der Waals surface area contributed by atoms with E-state index in [1.54, 1.807) is 18.2 Å². The molecule has 0 aliphatic heterocycles. The summed E-state index contributed by atoms with van der Waals surface area (Å²) in [5.74, 6) is 0.286. The van der Waals surface area contributed by atoms with E-state index in [9.17, 15) is 9.59 Å². The summed E-state index contributed by atoms with van der Waals surface area (Å²) in [5, 5.41) is 3.26. The average molecular weight is 357 g/mol. The molecule has 2 aromatic heterocycles. The summed E-state index contributed by atoms with van der Waals surface area (Å²) in [4.78, 5) is 27.0. The minimum absolute atomic E-state index is 0.127. The fourth-order valence-electron chi connectivity index (χ4n) is 2.62. The molecular weight excluding hydrogens is 340 g/mol. The maximum Gasteiger partial charge on any atom is 0.287 e. The predicted octanol–water partition coefficient (Wildman–Crippen LogP) is 3.84. The second kappa shape index (κ2) is 6.99. The van der Waals surface area contributed by atoms with E-state index in [2.05, 4.69) is 10.3 Å². The van der Waals surface area contributed by atoms with Crippen LogP contribution in [0.1, 0.15) is 27.4 Å². The van der Waals surface area contributed by atoms with E-state index < -0.39 is 5.91 Å². The molecule has 0 spiro atoms. The zero-order valence-electron chi connectivity index (χ0n) is 13.9. The third-order valence-corrected chi connectivity index (χ3v) is 4.22. The molecule has 2 N–H and O–H groups in total. The predicted molar refractivity (Wildman–Crippen MR) is 96.9 cm³/mol. The molecule has 0 saturated heterocycles. The summed E-state index contributed by atoms with van der Waals surface area (Å²) < 4.78 is 5.60. The van der Waals surface area contributed by atoms with Crippen molar-refractivity contribution in [3.8, 4) is 11.3 Å². The molecule has 25 heavy (non-hydrogen) atoms. The highest BCUT2D eigenvalue weighted by Crippen LogP contribution is 2.28. The molecule has 3 rings (SSSR count). The molecule has 0 aliphatic carbocycles. The Kier molecular flexibility index (Phi) is 4.76. The molecule has 3 aromatic rings. The van der Waals surface area contributed by atoms with Crippen LogP contribution in [-0.4, -0.2) is 10.9 Å². The van der Waals surface area contributed by atoms with E-state index in [1.165, 1.54) is 0 Å². The fraction of sp³-hybridized carbons (Fsp3) is 0.158. The van der Waals surface area contributed by atoms with Crippen LogP contribution < -0.4 is 10.9 Å². The molecule has 0 fully saturated rings. The van der Waals surface area contributed by atoms with Crippen molar-refractivity contribution in [3.05, 3.63) is 80.4 Å². The molecular formula is C19H17ClN2O3. The Morgan fingerprint density at radius 3 is 2.68 bits per heavy atom. The molecule has 128 valence electrons. The highest BCUT2D eigenvalue weighted by atomic mass is 35.5. The van der Waals surface area contributed by atoms with Crippen molar-refractivity contribution in [2.24, 2.45) is 0 Å². The van der Waals surface area contributed by atoms with Gasteiger partial charge in [0, 0.05) is 23.4 Å². The van der Waals surface area contributed by atoms with E-state index in [0.29, 0.717) is 21.9 Å². The summed E-state index contributed by atoms with van der Waals surface area (Å²) in [7, 11) is 0. The van der Waals surface area contributed by atoms with E-state index in [1.807, 2.05) is 38.1 Å². The number of hydrogen-bond donors (Lipinski definition) is 2. The Morgan fingerprint density at radius 2 is 1.96 bits per heavy atom. The molecule has 0 radical (unpaired) electrons. The normalized spacial score (nSPS) is 10.7. The van der Waals surface area contributed by atoms with Gasteiger partial charge < -0.3 is 14.7 Å². The van der Waals surface area contributed by atoms with Crippen LogP contribution in [-0.2, 0) is 6.54 Å². The molecule has 1 aromatic carbocycles. The fourth-order valence-corrected chi connectivity index (χ4v) is 2.85. The monoisotopic (exact) mass is 356 g/mol. The van der Waals surface area contributed by atoms with Gasteiger partial charge in [-0.2, -0.15) is 0 Å². The van der Waals surface area contributed by atoms with E-state index in [-0.39, 0.29) is 17.9 Å². The van der Waals surface area contributed by atoms with Gasteiger partial charge in [-0.1, -0.05) is 23.7 Å². The van der Waals surface area contributed by atoms with Crippen LogP contribution in [0, 0.1) is 13.8 Å². The third-order valence-electron chi connectivity index (χ3n) is 3.89. The Bertz CT molecular complexity index is 988. The largest absolute Gasteiger partial charge is 0.451 e. The number of amides is 1. The number of H-pyrrole nitrogens is 1. The highest BCUT2D eigenvalue weighted by molar-refractivity contribution is 6.33. The van der Waals surface area contributed by atoms with Crippen molar-refractivity contribution < 1.29 is 9.21 Å². The lowest BCUT2D eigenvalue weighted by atomic mass is 10.1. The smallest absolute Gasteiger partial charge is 0.287 e. The minimum atomic E-state index is -0.391. The molecule has 6 heteroatoms. The minimum Gasteiger partial charge on any atom is -0.451 e. The number of carbonyl (C=O) groups excluding carboxylic acids is 1. The van der Waals surface area contributed by atoms with E-state index in [0.717, 1.165) is 11.3 Å². The summed E-state index contributed by atoms with van der Waals surface area (Å²) in [6, 6.07) is 12.4. The lowest BCUT2D eigenvalue weighted by Gasteiger charge is -2.07. The van der Waals surface area contributed by atoms with Crippen LogP contribution >= 0.6 is 11.6 Å². The SMILES string of the molecule is Cc1cc(C)c(CNC(=O)c2ccc(-c3ccccc3Cl)o2)c(=O)[nH]1. The van der Waals surface area contributed by atoms with Crippen molar-refractivity contribution in [1.29, 1.82) is 0 Å². The first-order chi connectivity index (χ1) is 12.0. The number of aromatic nitrogens is 1. The maximum atomic E-state index is 12.3. The van der Waals surface area contributed by atoms with Gasteiger partial charge in [-0.3, -0.25) is 9.59 Å². The summed E-state index contributed by atoms with van der Waals surface area (Å²) in [6.07, 6.45) is 0. The summed E-state index contributed by atoms with van der Waals surface area (Å²) in [6.45, 7) is 3.78. The van der Waals surface area contributed by atoms with Crippen molar-refractivity contribution in [2.45, 2.75) is 20.4 Å². The Labute approximate surface area is 149 Å². The molecule has 2 heterocycles. The third kappa shape index (κ3) is 3.67. The first kappa shape index (κ1) is 17.0. The number of furan rings is 1. The molecule has 5 nitrogen and oxygen atoms in total. The average Bonchev–Trinajstić information content (AvgIpc) is 3.04. The van der Waals surface area contributed by atoms with Crippen LogP contribution in [0.2, 0.25) is 5.02 Å². The number of aromatic amines is 1. The van der Waals surface area contributed by atoms with Gasteiger partial charge in [-0.25, -0.2) is 0 Å². The number of rotatable bonds is 4. The zero-order chi connectivity index (χ0) is 18.0. The molecule has 1 amide bonds. The molecule has 0 saturated carbocycles. The van der Waals surface area contributed by atoms with Gasteiger partial charge in [0.1, 0.15) is 5.76 Å². The first-order valence-electron chi connectivity index (χ1n) is 7.78. The summed E-state index contributed by atoms with van der Waals surface area (Å²) >= 11 is 6.14. The van der Waals surface area contributed by atoms with E-state index in [4.69, 9.17) is 16.0 Å². The van der Waals surface area contributed by atoms with Crippen LogP contribution in [0.5, 0.6) is 0 Å². The lowest BCUT2D eigenvalue weighted by Crippen LogP contribution is -2.27. The second-order valence-electron chi connectivity index (χ2n) is 5.77. The quantitative estimate of drug-likeness (QED) is 0.745. The van der Waals surface area contributed by atoms with Gasteiger partial charge in [-0.15, -0.1) is 0 Å². The van der Waals surface area contributed by atoms with Gasteiger partial charge in [0.25, 0.3) is 11.5 Å². The van der Waals surface area contributed by atoms with E-state index >= 15 is 0 Å². The molecule has 0 unspecified atom stereocenters. The number of carbonyl (C=O) groups is 1. The van der Waals surface area contributed by atoms with Gasteiger partial charge in [-0.05, 0) is 49.7 Å². The molecule has 0 aliphatic rings. The number of hydrogen-bond acceptors (Lipinski definition) is 3. The Hall–Kier alpha value is -2.79. The number of benzene rings is 1. The van der Waals surface area contributed by atoms with Gasteiger partial charge in [0.05, 0.1) is 5.02 Å². The topological polar surface area (TPSA) is 75.1 Å².